The predicted molar refractivity (Wildman–Crippen MR) is 88.2 cm³/mol. The lowest BCUT2D eigenvalue weighted by molar-refractivity contribution is -0.118. The van der Waals surface area contributed by atoms with Crippen LogP contribution in [0.5, 0.6) is 5.75 Å². The van der Waals surface area contributed by atoms with Gasteiger partial charge in [-0.25, -0.2) is 9.78 Å². The van der Waals surface area contributed by atoms with Crippen LogP contribution in [0.25, 0.3) is 0 Å². The van der Waals surface area contributed by atoms with Crippen LogP contribution in [0.3, 0.4) is 0 Å². The minimum Gasteiger partial charge on any atom is -0.483 e. The van der Waals surface area contributed by atoms with Crippen LogP contribution in [-0.2, 0) is 9.53 Å². The van der Waals surface area contributed by atoms with Crippen LogP contribution in [0.1, 0.15) is 26.5 Å². The van der Waals surface area contributed by atoms with Crippen LogP contribution in [-0.4, -0.2) is 30.6 Å². The molecule has 23 heavy (non-hydrogen) atoms. The van der Waals surface area contributed by atoms with E-state index in [0.29, 0.717) is 21.5 Å². The molecule has 0 saturated heterocycles. The standard InChI is InChI=1S/C16H18N2O4S/c1-9-6-5-7-12(10(9)2)22-8-13(19)18-16-17-11(3)14(23-16)15(20)21-4/h5-7H,8H2,1-4H3,(H,17,18,19). The number of benzene rings is 1. The molecule has 2 rings (SSSR count). The van der Waals surface area contributed by atoms with Crippen molar-refractivity contribution in [2.24, 2.45) is 0 Å². The van der Waals surface area contributed by atoms with E-state index < -0.39 is 5.97 Å². The molecule has 0 fully saturated rings. The minimum atomic E-state index is -0.466. The average molecular weight is 334 g/mol. The molecule has 1 amide bonds. The normalized spacial score (nSPS) is 10.3. The van der Waals surface area contributed by atoms with Gasteiger partial charge in [0.25, 0.3) is 5.91 Å². The largest absolute Gasteiger partial charge is 0.483 e. The lowest BCUT2D eigenvalue weighted by Crippen LogP contribution is -2.20. The molecule has 0 spiro atoms. The summed E-state index contributed by atoms with van der Waals surface area (Å²) >= 11 is 1.07. The number of aryl methyl sites for hydroxylation is 2. The number of thiazole rings is 1. The summed E-state index contributed by atoms with van der Waals surface area (Å²) in [6, 6.07) is 5.68. The third kappa shape index (κ3) is 4.07. The molecule has 2 aromatic rings. The number of ether oxygens (including phenoxy) is 2. The number of carbonyl (C=O) groups is 2. The molecule has 7 heteroatoms. The second-order valence-electron chi connectivity index (χ2n) is 4.96. The molecule has 0 bridgehead atoms. The van der Waals surface area contributed by atoms with E-state index in [0.717, 1.165) is 22.5 Å². The Labute approximate surface area is 138 Å². The molecule has 1 heterocycles. The first-order valence-electron chi connectivity index (χ1n) is 6.97. The zero-order valence-electron chi connectivity index (χ0n) is 13.4. The minimum absolute atomic E-state index is 0.128. The van der Waals surface area contributed by atoms with Gasteiger partial charge in [-0.3, -0.25) is 10.1 Å². The number of esters is 1. The fourth-order valence-corrected chi connectivity index (χ4v) is 2.81. The van der Waals surface area contributed by atoms with Crippen molar-refractivity contribution in [3.63, 3.8) is 0 Å². The van der Waals surface area contributed by atoms with Crippen molar-refractivity contribution in [3.8, 4) is 5.75 Å². The number of amides is 1. The zero-order chi connectivity index (χ0) is 17.0. The summed E-state index contributed by atoms with van der Waals surface area (Å²) in [5.41, 5.74) is 2.62. The average Bonchev–Trinajstić information content (AvgIpc) is 2.88. The first kappa shape index (κ1) is 17.0. The molecule has 0 atom stereocenters. The molecule has 1 aromatic carbocycles. The van der Waals surface area contributed by atoms with E-state index in [-0.39, 0.29) is 12.5 Å². The molecule has 1 aromatic heterocycles. The maximum absolute atomic E-state index is 12.0. The Morgan fingerprint density at radius 2 is 2.00 bits per heavy atom. The molecule has 0 aliphatic heterocycles. The highest BCUT2D eigenvalue weighted by molar-refractivity contribution is 7.17. The monoisotopic (exact) mass is 334 g/mol. The third-order valence-electron chi connectivity index (χ3n) is 3.33. The van der Waals surface area contributed by atoms with E-state index in [4.69, 9.17) is 4.74 Å². The molecule has 1 N–H and O–H groups in total. The Morgan fingerprint density at radius 1 is 1.26 bits per heavy atom. The summed E-state index contributed by atoms with van der Waals surface area (Å²) in [6.07, 6.45) is 0. The summed E-state index contributed by atoms with van der Waals surface area (Å²) in [4.78, 5) is 28.0. The van der Waals surface area contributed by atoms with Gasteiger partial charge in [0.15, 0.2) is 11.7 Å². The van der Waals surface area contributed by atoms with Gasteiger partial charge in [-0.1, -0.05) is 23.5 Å². The molecule has 0 saturated carbocycles. The number of anilines is 1. The van der Waals surface area contributed by atoms with Gasteiger partial charge in [0.2, 0.25) is 0 Å². The van der Waals surface area contributed by atoms with Crippen molar-refractivity contribution >= 4 is 28.3 Å². The quantitative estimate of drug-likeness (QED) is 0.851. The maximum atomic E-state index is 12.0. The lowest BCUT2D eigenvalue weighted by Gasteiger charge is -2.10. The summed E-state index contributed by atoms with van der Waals surface area (Å²) in [5.74, 6) is -0.131. The molecular formula is C16H18N2O4S. The van der Waals surface area contributed by atoms with Gasteiger partial charge in [0.1, 0.15) is 10.6 Å². The predicted octanol–water partition coefficient (Wildman–Crippen LogP) is 2.87. The van der Waals surface area contributed by atoms with Crippen LogP contribution in [0.15, 0.2) is 18.2 Å². The summed E-state index contributed by atoms with van der Waals surface area (Å²) in [6.45, 7) is 5.48. The SMILES string of the molecule is COC(=O)c1sc(NC(=O)COc2cccc(C)c2C)nc1C. The summed E-state index contributed by atoms with van der Waals surface area (Å²) in [5, 5.41) is 2.97. The van der Waals surface area contributed by atoms with Crippen molar-refractivity contribution in [1.29, 1.82) is 0 Å². The van der Waals surface area contributed by atoms with Crippen LogP contribution in [0.2, 0.25) is 0 Å². The van der Waals surface area contributed by atoms with Crippen LogP contribution in [0, 0.1) is 20.8 Å². The number of aromatic nitrogens is 1. The van der Waals surface area contributed by atoms with Gasteiger partial charge >= 0.3 is 5.97 Å². The van der Waals surface area contributed by atoms with Gasteiger partial charge in [0.05, 0.1) is 12.8 Å². The van der Waals surface area contributed by atoms with Crippen LogP contribution >= 0.6 is 11.3 Å². The smallest absolute Gasteiger partial charge is 0.350 e. The first-order valence-corrected chi connectivity index (χ1v) is 7.78. The Hall–Kier alpha value is -2.41. The van der Waals surface area contributed by atoms with E-state index >= 15 is 0 Å². The molecule has 122 valence electrons. The van der Waals surface area contributed by atoms with E-state index in [9.17, 15) is 9.59 Å². The van der Waals surface area contributed by atoms with E-state index in [1.807, 2.05) is 32.0 Å². The van der Waals surface area contributed by atoms with Gasteiger partial charge in [-0.15, -0.1) is 0 Å². The highest BCUT2D eigenvalue weighted by atomic mass is 32.1. The van der Waals surface area contributed by atoms with Gasteiger partial charge in [-0.05, 0) is 38.0 Å². The zero-order valence-corrected chi connectivity index (χ0v) is 14.2. The number of carbonyl (C=O) groups excluding carboxylic acids is 2. The summed E-state index contributed by atoms with van der Waals surface area (Å²) < 4.78 is 10.2. The summed E-state index contributed by atoms with van der Waals surface area (Å²) in [7, 11) is 1.30. The number of nitrogens with zero attached hydrogens (tertiary/aromatic N) is 1. The van der Waals surface area contributed by atoms with Crippen molar-refractivity contribution in [1.82, 2.24) is 4.98 Å². The van der Waals surface area contributed by atoms with Gasteiger partial charge < -0.3 is 9.47 Å². The van der Waals surface area contributed by atoms with Crippen LogP contribution < -0.4 is 10.1 Å². The Balaban J connectivity index is 1.97. The van der Waals surface area contributed by atoms with E-state index in [1.165, 1.54) is 7.11 Å². The van der Waals surface area contributed by atoms with Crippen molar-refractivity contribution in [2.75, 3.05) is 19.0 Å². The van der Waals surface area contributed by atoms with Crippen LogP contribution in [0.4, 0.5) is 5.13 Å². The van der Waals surface area contributed by atoms with Crippen molar-refractivity contribution < 1.29 is 19.1 Å². The lowest BCUT2D eigenvalue weighted by atomic mass is 10.1. The van der Waals surface area contributed by atoms with Crippen molar-refractivity contribution in [2.45, 2.75) is 20.8 Å². The fourth-order valence-electron chi connectivity index (χ4n) is 1.91. The molecule has 6 nitrogen and oxygen atoms in total. The molecular weight excluding hydrogens is 316 g/mol. The van der Waals surface area contributed by atoms with Gasteiger partial charge in [0, 0.05) is 0 Å². The first-order chi connectivity index (χ1) is 10.9. The number of hydrogen-bond donors (Lipinski definition) is 1. The number of nitrogens with one attached hydrogen (secondary N) is 1. The molecule has 0 aliphatic rings. The topological polar surface area (TPSA) is 77.5 Å². The Kier molecular flexibility index (Phi) is 5.33. The fraction of sp³-hybridized carbons (Fsp3) is 0.312. The second-order valence-corrected chi connectivity index (χ2v) is 5.96. The third-order valence-corrected chi connectivity index (χ3v) is 4.38. The molecule has 0 aliphatic carbocycles. The molecule has 0 radical (unpaired) electrons. The number of rotatable bonds is 5. The highest BCUT2D eigenvalue weighted by Crippen LogP contribution is 2.23. The second kappa shape index (κ2) is 7.23. The van der Waals surface area contributed by atoms with Crippen molar-refractivity contribution in [3.05, 3.63) is 39.9 Å². The highest BCUT2D eigenvalue weighted by Gasteiger charge is 2.17. The van der Waals surface area contributed by atoms with E-state index in [2.05, 4.69) is 15.0 Å². The number of methoxy groups -OCH3 is 1. The van der Waals surface area contributed by atoms with E-state index in [1.54, 1.807) is 6.92 Å². The van der Waals surface area contributed by atoms with Gasteiger partial charge in [-0.2, -0.15) is 0 Å². The Bertz CT molecular complexity index is 740. The number of hydrogen-bond acceptors (Lipinski definition) is 6. The molecule has 0 unspecified atom stereocenters. The maximum Gasteiger partial charge on any atom is 0.350 e. The Morgan fingerprint density at radius 3 is 2.70 bits per heavy atom.